The van der Waals surface area contributed by atoms with E-state index in [1.165, 1.54) is 16.7 Å². The fraction of sp³-hybridized carbons (Fsp3) is 0.320. The number of aromatic nitrogens is 2. The Kier molecular flexibility index (Phi) is 6.55. The molecule has 3 aromatic rings. The smallest absolute Gasteiger partial charge is 0.332 e. The minimum atomic E-state index is -0.465. The molecule has 2 aromatic carbocycles. The molecule has 0 bridgehead atoms. The van der Waals surface area contributed by atoms with E-state index in [9.17, 15) is 14.0 Å². The lowest BCUT2D eigenvalue weighted by atomic mass is 9.83. The second kappa shape index (κ2) is 9.54. The second-order valence-corrected chi connectivity index (χ2v) is 8.11. The maximum Gasteiger partial charge on any atom is 0.332 e. The van der Waals surface area contributed by atoms with Gasteiger partial charge in [-0.15, -0.1) is 0 Å². The van der Waals surface area contributed by atoms with Crippen LogP contribution in [0.3, 0.4) is 0 Å². The Hall–Kier alpha value is -3.52. The lowest BCUT2D eigenvalue weighted by molar-refractivity contribution is 0.277. The van der Waals surface area contributed by atoms with Crippen molar-refractivity contribution in [3.05, 3.63) is 91.9 Å². The van der Waals surface area contributed by atoms with Crippen LogP contribution in [0.5, 0.6) is 5.75 Å². The molecule has 4 rings (SSSR count). The summed E-state index contributed by atoms with van der Waals surface area (Å²) in [6.07, 6.45) is 1.22. The van der Waals surface area contributed by atoms with Gasteiger partial charge in [-0.3, -0.25) is 13.9 Å². The van der Waals surface area contributed by atoms with E-state index < -0.39 is 5.69 Å². The Balaban J connectivity index is 1.89. The number of aliphatic imine (C=N–C) groups is 1. The lowest BCUT2D eigenvalue weighted by Gasteiger charge is -2.27. The molecule has 1 atom stereocenters. The van der Waals surface area contributed by atoms with Gasteiger partial charge in [0.1, 0.15) is 17.4 Å². The van der Waals surface area contributed by atoms with Crippen LogP contribution >= 0.6 is 0 Å². The highest BCUT2D eigenvalue weighted by Gasteiger charge is 2.31. The zero-order valence-corrected chi connectivity index (χ0v) is 18.6. The van der Waals surface area contributed by atoms with E-state index in [1.54, 1.807) is 26.3 Å². The average Bonchev–Trinajstić information content (AvgIpc) is 2.84. The van der Waals surface area contributed by atoms with Crippen LogP contribution in [0.15, 0.2) is 63.1 Å². The third-order valence-corrected chi connectivity index (χ3v) is 5.99. The van der Waals surface area contributed by atoms with Crippen molar-refractivity contribution in [1.82, 2.24) is 9.13 Å². The summed E-state index contributed by atoms with van der Waals surface area (Å²) in [4.78, 5) is 30.9. The Bertz CT molecular complexity index is 1310. The molecule has 0 radical (unpaired) electrons. The van der Waals surface area contributed by atoms with E-state index in [2.05, 4.69) is 0 Å². The van der Waals surface area contributed by atoms with Gasteiger partial charge in [-0.05, 0) is 49.1 Å². The number of aliphatic hydroxyl groups is 1. The van der Waals surface area contributed by atoms with E-state index in [0.717, 1.165) is 15.7 Å². The third kappa shape index (κ3) is 4.39. The molecule has 1 N–H and O–H groups in total. The highest BCUT2D eigenvalue weighted by Crippen LogP contribution is 2.33. The van der Waals surface area contributed by atoms with Crippen LogP contribution in [0, 0.1) is 11.7 Å². The van der Waals surface area contributed by atoms with Crippen molar-refractivity contribution in [3.63, 3.8) is 0 Å². The topological polar surface area (TPSA) is 85.8 Å². The van der Waals surface area contributed by atoms with Gasteiger partial charge in [-0.25, -0.2) is 14.2 Å². The molecule has 172 valence electrons. The van der Waals surface area contributed by atoms with Crippen LogP contribution in [0.25, 0.3) is 0 Å². The predicted molar refractivity (Wildman–Crippen MR) is 124 cm³/mol. The van der Waals surface area contributed by atoms with Gasteiger partial charge < -0.3 is 9.84 Å². The van der Waals surface area contributed by atoms with Gasteiger partial charge in [-0.1, -0.05) is 24.3 Å². The summed E-state index contributed by atoms with van der Waals surface area (Å²) in [5, 5.41) is 9.17. The van der Waals surface area contributed by atoms with E-state index >= 15 is 0 Å². The first-order valence-corrected chi connectivity index (χ1v) is 10.8. The number of nitrogens with zero attached hydrogens (tertiary/aromatic N) is 3. The summed E-state index contributed by atoms with van der Waals surface area (Å²) in [7, 11) is 3.18. The number of ether oxygens (including phenoxy) is 1. The van der Waals surface area contributed by atoms with Crippen molar-refractivity contribution >= 4 is 11.5 Å². The fourth-order valence-corrected chi connectivity index (χ4v) is 4.33. The molecule has 7 nitrogen and oxygen atoms in total. The van der Waals surface area contributed by atoms with Gasteiger partial charge in [0.25, 0.3) is 5.56 Å². The predicted octanol–water partition coefficient (Wildman–Crippen LogP) is 2.61. The molecule has 8 heteroatoms. The van der Waals surface area contributed by atoms with E-state index in [1.807, 2.05) is 24.3 Å². The monoisotopic (exact) mass is 451 g/mol. The largest absolute Gasteiger partial charge is 0.496 e. The van der Waals surface area contributed by atoms with Crippen LogP contribution in [0.2, 0.25) is 0 Å². The zero-order chi connectivity index (χ0) is 23.5. The van der Waals surface area contributed by atoms with Crippen LogP contribution < -0.4 is 16.0 Å². The van der Waals surface area contributed by atoms with Gasteiger partial charge in [0.05, 0.1) is 18.4 Å². The molecule has 1 aliphatic rings. The molecule has 33 heavy (non-hydrogen) atoms. The SMILES string of the molecule is COc1ccccc1C1=Nc2c(c(=O)n(CCCO)c(=O)n2C)C[C@H]1Cc1ccc(F)cc1. The quantitative estimate of drug-likeness (QED) is 0.598. The number of para-hydroxylation sites is 1. The Morgan fingerprint density at radius 2 is 1.88 bits per heavy atom. The lowest BCUT2D eigenvalue weighted by Crippen LogP contribution is -2.43. The molecule has 1 aromatic heterocycles. The summed E-state index contributed by atoms with van der Waals surface area (Å²) in [6.45, 7) is 0.0248. The molecular formula is C25H26FN3O4. The minimum absolute atomic E-state index is 0.115. The van der Waals surface area contributed by atoms with Gasteiger partial charge >= 0.3 is 5.69 Å². The summed E-state index contributed by atoms with van der Waals surface area (Å²) >= 11 is 0. The van der Waals surface area contributed by atoms with Gasteiger partial charge in [0.2, 0.25) is 0 Å². The van der Waals surface area contributed by atoms with Crippen LogP contribution in [0.4, 0.5) is 10.2 Å². The number of methoxy groups -OCH3 is 1. The molecular weight excluding hydrogens is 425 g/mol. The molecule has 0 amide bonds. The fourth-order valence-electron chi connectivity index (χ4n) is 4.33. The number of hydrogen-bond donors (Lipinski definition) is 1. The van der Waals surface area contributed by atoms with Crippen LogP contribution in [-0.2, 0) is 26.4 Å². The summed E-state index contributed by atoms with van der Waals surface area (Å²) < 4.78 is 21.5. The molecule has 1 aliphatic heterocycles. The third-order valence-electron chi connectivity index (χ3n) is 5.99. The molecule has 0 saturated carbocycles. The van der Waals surface area contributed by atoms with Crippen LogP contribution in [0.1, 0.15) is 23.1 Å². The van der Waals surface area contributed by atoms with Crippen molar-refractivity contribution in [2.75, 3.05) is 13.7 Å². The van der Waals surface area contributed by atoms with Crippen molar-refractivity contribution in [1.29, 1.82) is 0 Å². The second-order valence-electron chi connectivity index (χ2n) is 8.11. The minimum Gasteiger partial charge on any atom is -0.496 e. The summed E-state index contributed by atoms with van der Waals surface area (Å²) in [5.41, 5.74) is 2.03. The molecule has 2 heterocycles. The number of aliphatic hydroxyl groups excluding tert-OH is 1. The maximum atomic E-state index is 13.4. The van der Waals surface area contributed by atoms with E-state index in [0.29, 0.717) is 42.1 Å². The van der Waals surface area contributed by atoms with E-state index in [4.69, 9.17) is 14.8 Å². The average molecular weight is 451 g/mol. The van der Waals surface area contributed by atoms with Crippen molar-refractivity contribution in [2.45, 2.75) is 25.8 Å². The summed E-state index contributed by atoms with van der Waals surface area (Å²) in [5.74, 6) is 0.482. The highest BCUT2D eigenvalue weighted by atomic mass is 19.1. The molecule has 0 saturated heterocycles. The molecule has 0 unspecified atom stereocenters. The number of fused-ring (bicyclic) bond motifs is 1. The van der Waals surface area contributed by atoms with Gasteiger partial charge in [-0.2, -0.15) is 0 Å². The Labute approximate surface area is 190 Å². The first kappa shape index (κ1) is 22.7. The number of rotatable bonds is 7. The molecule has 0 spiro atoms. The standard InChI is InChI=1S/C25H26FN3O4/c1-28-23-20(24(31)29(25(28)32)12-5-13-30)15-17(14-16-8-10-18(26)11-9-16)22(27-23)19-6-3-4-7-21(19)33-2/h3-4,6-11,17,30H,5,12-15H2,1-2H3/t17-/m1/s1. The first-order valence-electron chi connectivity index (χ1n) is 10.8. The van der Waals surface area contributed by atoms with Crippen molar-refractivity contribution in [2.24, 2.45) is 18.0 Å². The Morgan fingerprint density at radius 1 is 1.15 bits per heavy atom. The number of benzene rings is 2. The van der Waals surface area contributed by atoms with Crippen LogP contribution in [-0.4, -0.2) is 33.7 Å². The van der Waals surface area contributed by atoms with Gasteiger partial charge in [0, 0.05) is 31.7 Å². The van der Waals surface area contributed by atoms with Gasteiger partial charge in [0.15, 0.2) is 0 Å². The highest BCUT2D eigenvalue weighted by molar-refractivity contribution is 6.06. The summed E-state index contributed by atoms with van der Waals surface area (Å²) in [6, 6.07) is 13.8. The van der Waals surface area contributed by atoms with E-state index in [-0.39, 0.29) is 30.4 Å². The van der Waals surface area contributed by atoms with Crippen molar-refractivity contribution in [3.8, 4) is 5.75 Å². The maximum absolute atomic E-state index is 13.4. The zero-order valence-electron chi connectivity index (χ0n) is 18.6. The first-order chi connectivity index (χ1) is 15.9. The molecule has 0 aliphatic carbocycles. The molecule has 0 fully saturated rings. The normalized spacial score (nSPS) is 15.2. The number of hydrogen-bond acceptors (Lipinski definition) is 5. The van der Waals surface area contributed by atoms with Crippen molar-refractivity contribution < 1.29 is 14.2 Å². The number of halogens is 1. The Morgan fingerprint density at radius 3 is 2.58 bits per heavy atom.